The molecule has 1 unspecified atom stereocenters. The molecule has 1 spiro atoms. The third-order valence-corrected chi connectivity index (χ3v) is 6.18. The molecule has 0 radical (unpaired) electrons. The summed E-state index contributed by atoms with van der Waals surface area (Å²) < 4.78 is 18.3. The molecule has 1 aliphatic heterocycles. The molecule has 9 heteroatoms. The molecular weight excluding hydrogens is 383 g/mol. The maximum absolute atomic E-state index is 13.2. The summed E-state index contributed by atoms with van der Waals surface area (Å²) in [5.41, 5.74) is 0.479. The van der Waals surface area contributed by atoms with Gasteiger partial charge in [0.15, 0.2) is 0 Å². The lowest BCUT2D eigenvalue weighted by Gasteiger charge is -2.31. The minimum absolute atomic E-state index is 0.111. The number of thiophene rings is 1. The van der Waals surface area contributed by atoms with E-state index in [4.69, 9.17) is 4.52 Å². The number of amides is 3. The fourth-order valence-electron chi connectivity index (χ4n) is 3.86. The number of carbonyl (C=O) groups excluding carboxylic acids is 2. The van der Waals surface area contributed by atoms with E-state index in [1.165, 1.54) is 24.3 Å². The van der Waals surface area contributed by atoms with Crippen LogP contribution in [0.25, 0.3) is 11.4 Å². The van der Waals surface area contributed by atoms with Gasteiger partial charge >= 0.3 is 6.03 Å². The van der Waals surface area contributed by atoms with Crippen molar-refractivity contribution in [3.05, 3.63) is 57.9 Å². The van der Waals surface area contributed by atoms with Crippen molar-refractivity contribution in [3.63, 3.8) is 0 Å². The Hall–Kier alpha value is -3.07. The molecule has 142 valence electrons. The van der Waals surface area contributed by atoms with E-state index in [0.29, 0.717) is 12.0 Å². The Balaban J connectivity index is 1.41. The zero-order chi connectivity index (χ0) is 19.3. The number of aromatic nitrogens is 2. The van der Waals surface area contributed by atoms with Gasteiger partial charge in [0, 0.05) is 16.0 Å². The van der Waals surface area contributed by atoms with E-state index < -0.39 is 11.6 Å². The predicted octanol–water partition coefficient (Wildman–Crippen LogP) is 3.22. The van der Waals surface area contributed by atoms with Crippen molar-refractivity contribution >= 4 is 23.3 Å². The van der Waals surface area contributed by atoms with E-state index in [-0.39, 0.29) is 30.0 Å². The van der Waals surface area contributed by atoms with Crippen LogP contribution in [-0.2, 0) is 23.3 Å². The molecule has 1 aliphatic carbocycles. The van der Waals surface area contributed by atoms with Crippen LogP contribution in [0.15, 0.2) is 40.2 Å². The second-order valence-corrected chi connectivity index (χ2v) is 7.86. The van der Waals surface area contributed by atoms with Crippen molar-refractivity contribution in [2.75, 3.05) is 0 Å². The van der Waals surface area contributed by atoms with Gasteiger partial charge in [-0.3, -0.25) is 9.69 Å². The van der Waals surface area contributed by atoms with Crippen LogP contribution in [0.2, 0.25) is 0 Å². The van der Waals surface area contributed by atoms with Gasteiger partial charge in [-0.05, 0) is 55.0 Å². The van der Waals surface area contributed by atoms with Crippen molar-refractivity contribution in [1.82, 2.24) is 20.4 Å². The molecule has 0 saturated carbocycles. The van der Waals surface area contributed by atoms with Gasteiger partial charge in [0.05, 0.1) is 0 Å². The summed E-state index contributed by atoms with van der Waals surface area (Å²) in [6.07, 6.45) is 2.33. The van der Waals surface area contributed by atoms with Gasteiger partial charge in [0.1, 0.15) is 17.9 Å². The molecule has 2 aromatic heterocycles. The van der Waals surface area contributed by atoms with Gasteiger partial charge in [-0.1, -0.05) is 5.16 Å². The zero-order valence-electron chi connectivity index (χ0n) is 14.6. The fourth-order valence-corrected chi connectivity index (χ4v) is 4.86. The lowest BCUT2D eigenvalue weighted by atomic mass is 9.80. The van der Waals surface area contributed by atoms with Gasteiger partial charge < -0.3 is 9.84 Å². The number of halogens is 1. The summed E-state index contributed by atoms with van der Waals surface area (Å²) in [7, 11) is 0. The molecule has 2 aliphatic rings. The minimum atomic E-state index is -0.996. The summed E-state index contributed by atoms with van der Waals surface area (Å²) in [4.78, 5) is 32.3. The van der Waals surface area contributed by atoms with Gasteiger partial charge in [0.25, 0.3) is 5.91 Å². The average molecular weight is 398 g/mol. The Labute approximate surface area is 163 Å². The van der Waals surface area contributed by atoms with Crippen LogP contribution in [0.1, 0.15) is 29.2 Å². The highest BCUT2D eigenvalue weighted by molar-refractivity contribution is 7.10. The molecule has 3 aromatic rings. The van der Waals surface area contributed by atoms with Crippen LogP contribution < -0.4 is 5.32 Å². The highest BCUT2D eigenvalue weighted by Gasteiger charge is 2.54. The molecule has 3 heterocycles. The number of hydrogen-bond donors (Lipinski definition) is 1. The minimum Gasteiger partial charge on any atom is -0.337 e. The van der Waals surface area contributed by atoms with Gasteiger partial charge in [-0.15, -0.1) is 11.3 Å². The first-order valence-corrected chi connectivity index (χ1v) is 9.74. The SMILES string of the molecule is O=C1NC2(CCCc3sccc32)C(=O)N1Cc1nc(-c2ccc(F)cc2)no1. The maximum Gasteiger partial charge on any atom is 0.325 e. The quantitative estimate of drug-likeness (QED) is 0.685. The number of hydrogen-bond acceptors (Lipinski definition) is 6. The lowest BCUT2D eigenvalue weighted by molar-refractivity contribution is -0.132. The number of fused-ring (bicyclic) bond motifs is 2. The summed E-state index contributed by atoms with van der Waals surface area (Å²) in [6, 6.07) is 7.12. The highest BCUT2D eigenvalue weighted by Crippen LogP contribution is 2.42. The number of carbonyl (C=O) groups is 2. The van der Waals surface area contributed by atoms with Crippen molar-refractivity contribution in [2.45, 2.75) is 31.3 Å². The van der Waals surface area contributed by atoms with E-state index in [2.05, 4.69) is 15.5 Å². The summed E-state index contributed by atoms with van der Waals surface area (Å²) in [5.74, 6) is -0.244. The number of imide groups is 1. The van der Waals surface area contributed by atoms with Crippen LogP contribution in [0.4, 0.5) is 9.18 Å². The molecule has 1 N–H and O–H groups in total. The second-order valence-electron chi connectivity index (χ2n) is 6.86. The normalized spacial score (nSPS) is 21.2. The molecule has 28 heavy (non-hydrogen) atoms. The Morgan fingerprint density at radius 1 is 1.25 bits per heavy atom. The number of benzene rings is 1. The van der Waals surface area contributed by atoms with Crippen molar-refractivity contribution in [1.29, 1.82) is 0 Å². The number of rotatable bonds is 3. The van der Waals surface area contributed by atoms with Crippen LogP contribution >= 0.6 is 11.3 Å². The zero-order valence-corrected chi connectivity index (χ0v) is 15.5. The maximum atomic E-state index is 13.2. The van der Waals surface area contributed by atoms with E-state index in [1.807, 2.05) is 11.4 Å². The molecule has 1 saturated heterocycles. The molecular formula is C19H15FN4O3S. The first-order chi connectivity index (χ1) is 13.6. The lowest BCUT2D eigenvalue weighted by Crippen LogP contribution is -2.46. The van der Waals surface area contributed by atoms with Gasteiger partial charge in [0.2, 0.25) is 11.7 Å². The Morgan fingerprint density at radius 3 is 2.89 bits per heavy atom. The van der Waals surface area contributed by atoms with Crippen molar-refractivity contribution < 1.29 is 18.5 Å². The topological polar surface area (TPSA) is 88.3 Å². The first kappa shape index (κ1) is 17.1. The van der Waals surface area contributed by atoms with Crippen LogP contribution in [0.5, 0.6) is 0 Å². The summed E-state index contributed by atoms with van der Waals surface area (Å²) in [6.45, 7) is -0.111. The van der Waals surface area contributed by atoms with Crippen LogP contribution in [-0.4, -0.2) is 27.0 Å². The second kappa shape index (κ2) is 6.23. The molecule has 0 bridgehead atoms. The molecule has 5 rings (SSSR count). The molecule has 1 aromatic carbocycles. The fraction of sp³-hybridized carbons (Fsp3) is 0.263. The van der Waals surface area contributed by atoms with E-state index in [9.17, 15) is 14.0 Å². The highest BCUT2D eigenvalue weighted by atomic mass is 32.1. The smallest absolute Gasteiger partial charge is 0.325 e. The average Bonchev–Trinajstić information content (AvgIpc) is 3.40. The van der Waals surface area contributed by atoms with E-state index in [0.717, 1.165) is 28.2 Å². The number of aryl methyl sites for hydroxylation is 1. The summed E-state index contributed by atoms with van der Waals surface area (Å²) >= 11 is 1.61. The largest absolute Gasteiger partial charge is 0.337 e. The third kappa shape index (κ3) is 2.54. The molecule has 7 nitrogen and oxygen atoms in total. The summed E-state index contributed by atoms with van der Waals surface area (Å²) in [5, 5.41) is 8.70. The molecule has 1 fully saturated rings. The van der Waals surface area contributed by atoms with Crippen molar-refractivity contribution in [3.8, 4) is 11.4 Å². The first-order valence-electron chi connectivity index (χ1n) is 8.86. The Morgan fingerprint density at radius 2 is 2.07 bits per heavy atom. The predicted molar refractivity (Wildman–Crippen MR) is 97.7 cm³/mol. The van der Waals surface area contributed by atoms with Gasteiger partial charge in [-0.2, -0.15) is 4.98 Å². The molecule has 3 amide bonds. The van der Waals surface area contributed by atoms with Crippen LogP contribution in [0.3, 0.4) is 0 Å². The van der Waals surface area contributed by atoms with Crippen LogP contribution in [0, 0.1) is 5.82 Å². The molecule has 1 atom stereocenters. The van der Waals surface area contributed by atoms with Crippen molar-refractivity contribution in [2.24, 2.45) is 0 Å². The monoisotopic (exact) mass is 398 g/mol. The van der Waals surface area contributed by atoms with E-state index >= 15 is 0 Å². The Bertz CT molecular complexity index is 1080. The Kier molecular flexibility index (Phi) is 3.80. The number of nitrogens with zero attached hydrogens (tertiary/aromatic N) is 3. The van der Waals surface area contributed by atoms with Gasteiger partial charge in [-0.25, -0.2) is 9.18 Å². The number of nitrogens with one attached hydrogen (secondary N) is 1. The third-order valence-electron chi connectivity index (χ3n) is 5.20. The van der Waals surface area contributed by atoms with E-state index in [1.54, 1.807) is 11.3 Å². The number of urea groups is 1. The standard InChI is InChI=1S/C19H15FN4O3S/c20-12-5-3-11(4-6-12)16-21-15(27-23-16)10-24-17(25)19(22-18(24)26)8-1-2-14-13(19)7-9-28-14/h3-7,9H,1-2,8,10H2,(H,22,26).